The Kier molecular flexibility index (Phi) is 8.09. The molecule has 0 bridgehead atoms. The van der Waals surface area contributed by atoms with Crippen LogP contribution >= 0.6 is 7.92 Å². The van der Waals surface area contributed by atoms with E-state index >= 15 is 0 Å². The maximum atomic E-state index is 2.35. The van der Waals surface area contributed by atoms with Crippen LogP contribution in [0.4, 0.5) is 0 Å². The van der Waals surface area contributed by atoms with Crippen molar-refractivity contribution < 1.29 is 25.8 Å². The largest absolute Gasteiger partial charge is 0.168 e. The molecule has 0 fully saturated rings. The van der Waals surface area contributed by atoms with Crippen LogP contribution in [0.1, 0.15) is 11.1 Å². The fourth-order valence-corrected chi connectivity index (χ4v) is 6.77. The second kappa shape index (κ2) is 11.2. The predicted molar refractivity (Wildman–Crippen MR) is 147 cm³/mol. The van der Waals surface area contributed by atoms with Crippen LogP contribution in [0.25, 0.3) is 21.5 Å². The summed E-state index contributed by atoms with van der Waals surface area (Å²) in [5.41, 5.74) is 2.74. The van der Waals surface area contributed by atoms with E-state index in [9.17, 15) is 0 Å². The van der Waals surface area contributed by atoms with E-state index in [1.54, 1.807) is 0 Å². The summed E-state index contributed by atoms with van der Waals surface area (Å²) < 4.78 is 0. The molecule has 6 aromatic carbocycles. The smallest absolute Gasteiger partial charge is 0 e. The van der Waals surface area contributed by atoms with Gasteiger partial charge in [-0.1, -0.05) is 85.3 Å². The topological polar surface area (TPSA) is 0 Å². The molecule has 2 heteroatoms. The summed E-state index contributed by atoms with van der Waals surface area (Å²) in [4.78, 5) is 0. The maximum absolute atomic E-state index is 2.35. The molecule has 0 heterocycles. The van der Waals surface area contributed by atoms with Gasteiger partial charge in [0.1, 0.15) is 0 Å². The summed E-state index contributed by atoms with van der Waals surface area (Å²) in [5, 5.41) is 9.68. The van der Waals surface area contributed by atoms with Crippen LogP contribution < -0.4 is 15.9 Å². The van der Waals surface area contributed by atoms with Crippen LogP contribution in [0.5, 0.6) is 0 Å². The van der Waals surface area contributed by atoms with Gasteiger partial charge in [0.2, 0.25) is 0 Å². The van der Waals surface area contributed by atoms with Crippen molar-refractivity contribution in [3.63, 3.8) is 0 Å². The first-order valence-electron chi connectivity index (χ1n) is 11.4. The molecule has 0 atom stereocenters. The summed E-state index contributed by atoms with van der Waals surface area (Å²) in [5.74, 6) is 0. The molecule has 0 spiro atoms. The van der Waals surface area contributed by atoms with Crippen molar-refractivity contribution in [1.29, 1.82) is 0 Å². The first-order chi connectivity index (χ1) is 16.2. The van der Waals surface area contributed by atoms with Gasteiger partial charge in [-0.15, -0.1) is 68.8 Å². The third-order valence-electron chi connectivity index (χ3n) is 6.14. The van der Waals surface area contributed by atoms with Gasteiger partial charge >= 0.3 is 0 Å². The van der Waals surface area contributed by atoms with E-state index in [-0.39, 0.29) is 25.8 Å². The number of aryl methyl sites for hydroxylation is 2. The van der Waals surface area contributed by atoms with Crippen LogP contribution in [-0.4, -0.2) is 0 Å². The molecule has 34 heavy (non-hydrogen) atoms. The van der Waals surface area contributed by atoms with Gasteiger partial charge in [-0.2, -0.15) is 18.2 Å². The van der Waals surface area contributed by atoms with Gasteiger partial charge in [0.25, 0.3) is 0 Å². The Balaban J connectivity index is 0.000000193. The van der Waals surface area contributed by atoms with Crippen molar-refractivity contribution in [1.82, 2.24) is 0 Å². The predicted octanol–water partition coefficient (Wildman–Crippen LogP) is 7.49. The Morgan fingerprint density at radius 2 is 1.21 bits per heavy atom. The van der Waals surface area contributed by atoms with Crippen molar-refractivity contribution in [2.75, 3.05) is 0 Å². The molecule has 0 amide bonds. The molecular weight excluding hydrogens is 594 g/mol. The van der Waals surface area contributed by atoms with Gasteiger partial charge in [-0.25, -0.2) is 0 Å². The summed E-state index contributed by atoms with van der Waals surface area (Å²) >= 11 is 0. The van der Waals surface area contributed by atoms with Gasteiger partial charge < -0.3 is 0 Å². The zero-order valence-corrected chi connectivity index (χ0v) is 24.1. The Hall–Kier alpha value is -2.60. The van der Waals surface area contributed by atoms with Crippen molar-refractivity contribution in [3.8, 4) is 0 Å². The van der Waals surface area contributed by atoms with Crippen LogP contribution in [0.15, 0.2) is 127 Å². The normalized spacial score (nSPS) is 10.7. The van der Waals surface area contributed by atoms with E-state index in [0.29, 0.717) is 0 Å². The molecule has 0 radical (unpaired) electrons. The molecule has 0 aromatic heterocycles. The SMILES string of the molecule is Cc1ccc(C)c2[cH-]ccc12.[Hf].c1ccc(P(c2ccccc2)c2cc3ccccc3[cH-]2)cc1. The van der Waals surface area contributed by atoms with Gasteiger partial charge in [0.05, 0.1) is 0 Å². The summed E-state index contributed by atoms with van der Waals surface area (Å²) in [6.07, 6.45) is 0. The van der Waals surface area contributed by atoms with E-state index < -0.39 is 7.92 Å². The molecule has 0 unspecified atom stereocenters. The Morgan fingerprint density at radius 3 is 1.82 bits per heavy atom. The zero-order valence-electron chi connectivity index (χ0n) is 19.6. The number of rotatable bonds is 3. The van der Waals surface area contributed by atoms with Gasteiger partial charge in [0.15, 0.2) is 0 Å². The molecule has 0 aliphatic rings. The number of benzene rings is 4. The van der Waals surface area contributed by atoms with Crippen molar-refractivity contribution in [2.24, 2.45) is 0 Å². The van der Waals surface area contributed by atoms with E-state index in [1.807, 2.05) is 0 Å². The average molecular weight is 621 g/mol. The minimum atomic E-state index is -0.493. The van der Waals surface area contributed by atoms with E-state index in [1.165, 1.54) is 48.6 Å². The Bertz CT molecular complexity index is 1370. The number of hydrogen-bond donors (Lipinski definition) is 0. The van der Waals surface area contributed by atoms with Crippen molar-refractivity contribution >= 4 is 45.4 Å². The van der Waals surface area contributed by atoms with Gasteiger partial charge in [0, 0.05) is 25.8 Å². The van der Waals surface area contributed by atoms with Crippen LogP contribution in [-0.2, 0) is 25.8 Å². The second-order valence-electron chi connectivity index (χ2n) is 8.40. The molecule has 6 aromatic rings. The number of fused-ring (bicyclic) bond motifs is 2. The maximum Gasteiger partial charge on any atom is 0 e. The Morgan fingerprint density at radius 1 is 0.618 bits per heavy atom. The average Bonchev–Trinajstić information content (AvgIpc) is 3.52. The minimum absolute atomic E-state index is 0. The molecule has 0 saturated heterocycles. The third kappa shape index (κ3) is 5.22. The van der Waals surface area contributed by atoms with Crippen LogP contribution in [0.3, 0.4) is 0 Å². The van der Waals surface area contributed by atoms with Crippen LogP contribution in [0, 0.1) is 13.8 Å². The van der Waals surface area contributed by atoms with Gasteiger partial charge in [-0.3, -0.25) is 0 Å². The van der Waals surface area contributed by atoms with Crippen molar-refractivity contribution in [2.45, 2.75) is 13.8 Å². The molecule has 6 rings (SSSR count). The first kappa shape index (κ1) is 24.5. The van der Waals surface area contributed by atoms with Crippen LogP contribution in [0.2, 0.25) is 0 Å². The minimum Gasteiger partial charge on any atom is -0.168 e. The quantitative estimate of drug-likeness (QED) is 0.109. The van der Waals surface area contributed by atoms with E-state index in [4.69, 9.17) is 0 Å². The Labute approximate surface area is 222 Å². The standard InChI is InChI=1S/C21H16P.C11H11.Hf/c1-3-11-19(12-4-1)22(20-13-5-2-6-14-20)21-15-17-9-7-8-10-18(17)16-21;1-8-6-7-9(2)11-5-3-4-10(8)11;/h1-16H;3-7H,1-2H3;/q2*-1;. The fraction of sp³-hybridized carbons (Fsp3) is 0.0625. The summed E-state index contributed by atoms with van der Waals surface area (Å²) in [6, 6.07) is 45.8. The molecular formula is C32H27HfP-2. The molecule has 0 N–H and O–H groups in total. The monoisotopic (exact) mass is 622 g/mol. The molecule has 166 valence electrons. The first-order valence-corrected chi connectivity index (χ1v) is 12.7. The van der Waals surface area contributed by atoms with E-state index in [2.05, 4.69) is 141 Å². The fourth-order valence-electron chi connectivity index (χ4n) is 4.40. The molecule has 0 aliphatic carbocycles. The molecule has 0 aliphatic heterocycles. The summed E-state index contributed by atoms with van der Waals surface area (Å²) in [7, 11) is -0.493. The summed E-state index contributed by atoms with van der Waals surface area (Å²) in [6.45, 7) is 4.31. The second-order valence-corrected chi connectivity index (χ2v) is 10.6. The zero-order chi connectivity index (χ0) is 22.6. The third-order valence-corrected chi connectivity index (χ3v) is 8.54. The van der Waals surface area contributed by atoms with Gasteiger partial charge in [-0.05, 0) is 25.5 Å². The number of hydrogen-bond acceptors (Lipinski definition) is 0. The molecule has 0 nitrogen and oxygen atoms in total. The van der Waals surface area contributed by atoms with E-state index in [0.717, 1.165) is 0 Å². The molecule has 0 saturated carbocycles. The van der Waals surface area contributed by atoms with Crippen molar-refractivity contribution in [3.05, 3.63) is 139 Å².